The maximum absolute atomic E-state index is 12.9. The highest BCUT2D eigenvalue weighted by Crippen LogP contribution is 2.17. The fourth-order valence-electron chi connectivity index (χ4n) is 1.71. The van der Waals surface area contributed by atoms with Crippen LogP contribution in [0.2, 0.25) is 0 Å². The third-order valence-corrected chi connectivity index (χ3v) is 3.02. The van der Waals surface area contributed by atoms with Crippen LogP contribution in [-0.2, 0) is 0 Å². The van der Waals surface area contributed by atoms with Crippen molar-refractivity contribution in [2.75, 3.05) is 11.9 Å². The molecule has 1 heterocycles. The molecule has 0 radical (unpaired) electrons. The van der Waals surface area contributed by atoms with Gasteiger partial charge in [0.15, 0.2) is 0 Å². The molecule has 2 aromatic rings. The van der Waals surface area contributed by atoms with Gasteiger partial charge in [-0.05, 0) is 37.1 Å². The molecule has 0 unspecified atom stereocenters. The molecule has 106 valence electrons. The summed E-state index contributed by atoms with van der Waals surface area (Å²) >= 11 is 0. The standard InChI is InChI=1S/C17H16FN3/c1-14(21(2)17-9-7-15(18)8-10-17)5-3-4-6-16-13-19-11-12-20-16/h5,7-13H,3H2,1-2H3/b14-5-. The fourth-order valence-corrected chi connectivity index (χ4v) is 1.71. The Kier molecular flexibility index (Phi) is 5.05. The summed E-state index contributed by atoms with van der Waals surface area (Å²) in [5, 5.41) is 0. The number of nitrogens with zero attached hydrogens (tertiary/aromatic N) is 3. The molecule has 2 rings (SSSR count). The Bertz CT molecular complexity index is 667. The molecule has 0 amide bonds. The molecule has 4 heteroatoms. The largest absolute Gasteiger partial charge is 0.349 e. The van der Waals surface area contributed by atoms with Crippen LogP contribution < -0.4 is 4.90 Å². The lowest BCUT2D eigenvalue weighted by molar-refractivity contribution is 0.628. The number of anilines is 1. The highest BCUT2D eigenvalue weighted by Gasteiger charge is 2.01. The second-order valence-electron chi connectivity index (χ2n) is 4.48. The monoisotopic (exact) mass is 281 g/mol. The quantitative estimate of drug-likeness (QED) is 0.807. The molecule has 0 aliphatic carbocycles. The Hall–Kier alpha value is -2.67. The fraction of sp³-hybridized carbons (Fsp3) is 0.176. The predicted molar refractivity (Wildman–Crippen MR) is 82.1 cm³/mol. The van der Waals surface area contributed by atoms with Crippen LogP contribution in [0.25, 0.3) is 0 Å². The van der Waals surface area contributed by atoms with Crippen LogP contribution in [0.4, 0.5) is 10.1 Å². The predicted octanol–water partition coefficient (Wildman–Crippen LogP) is 3.40. The van der Waals surface area contributed by atoms with Gasteiger partial charge in [0.1, 0.15) is 11.5 Å². The summed E-state index contributed by atoms with van der Waals surface area (Å²) in [6.45, 7) is 1.99. The third kappa shape index (κ3) is 4.43. The van der Waals surface area contributed by atoms with Gasteiger partial charge in [-0.25, -0.2) is 9.37 Å². The number of benzene rings is 1. The second kappa shape index (κ2) is 7.20. The first-order valence-corrected chi connectivity index (χ1v) is 6.58. The van der Waals surface area contributed by atoms with Crippen molar-refractivity contribution < 1.29 is 4.39 Å². The lowest BCUT2D eigenvalue weighted by Gasteiger charge is -2.19. The van der Waals surface area contributed by atoms with Crippen LogP contribution in [0, 0.1) is 17.7 Å². The number of allylic oxidation sites excluding steroid dienone is 2. The van der Waals surface area contributed by atoms with E-state index in [0.29, 0.717) is 12.1 Å². The van der Waals surface area contributed by atoms with E-state index in [4.69, 9.17) is 0 Å². The molecule has 0 aliphatic heterocycles. The first-order valence-electron chi connectivity index (χ1n) is 6.58. The minimum atomic E-state index is -0.233. The minimum Gasteiger partial charge on any atom is -0.349 e. The van der Waals surface area contributed by atoms with Gasteiger partial charge >= 0.3 is 0 Å². The van der Waals surface area contributed by atoms with E-state index in [-0.39, 0.29) is 5.82 Å². The van der Waals surface area contributed by atoms with Gasteiger partial charge in [-0.2, -0.15) is 0 Å². The zero-order valence-corrected chi connectivity index (χ0v) is 12.0. The van der Waals surface area contributed by atoms with Crippen LogP contribution in [0.15, 0.2) is 54.6 Å². The van der Waals surface area contributed by atoms with Gasteiger partial charge in [-0.3, -0.25) is 4.98 Å². The summed E-state index contributed by atoms with van der Waals surface area (Å²) < 4.78 is 12.9. The normalized spacial score (nSPS) is 10.7. The Morgan fingerprint density at radius 3 is 2.71 bits per heavy atom. The highest BCUT2D eigenvalue weighted by atomic mass is 19.1. The maximum Gasteiger partial charge on any atom is 0.131 e. The Morgan fingerprint density at radius 2 is 2.05 bits per heavy atom. The zero-order valence-electron chi connectivity index (χ0n) is 12.0. The van der Waals surface area contributed by atoms with Gasteiger partial charge < -0.3 is 4.90 Å². The lowest BCUT2D eigenvalue weighted by Crippen LogP contribution is -2.13. The molecular weight excluding hydrogens is 265 g/mol. The third-order valence-electron chi connectivity index (χ3n) is 3.02. The SMILES string of the molecule is C/C(=C/CC#Cc1cnccn1)N(C)c1ccc(F)cc1. The molecule has 0 N–H and O–H groups in total. The van der Waals surface area contributed by atoms with Crippen LogP contribution in [0.5, 0.6) is 0 Å². The van der Waals surface area contributed by atoms with Crippen molar-refractivity contribution >= 4 is 5.69 Å². The number of aromatic nitrogens is 2. The van der Waals surface area contributed by atoms with Gasteiger partial charge in [0.25, 0.3) is 0 Å². The number of hydrogen-bond acceptors (Lipinski definition) is 3. The molecule has 21 heavy (non-hydrogen) atoms. The minimum absolute atomic E-state index is 0.233. The summed E-state index contributed by atoms with van der Waals surface area (Å²) in [6, 6.07) is 6.40. The van der Waals surface area contributed by atoms with E-state index in [0.717, 1.165) is 11.4 Å². The molecule has 0 aliphatic rings. The van der Waals surface area contributed by atoms with Gasteiger partial charge in [-0.15, -0.1) is 0 Å². The lowest BCUT2D eigenvalue weighted by atomic mass is 10.2. The molecule has 0 atom stereocenters. The number of halogens is 1. The van der Waals surface area contributed by atoms with E-state index >= 15 is 0 Å². The Morgan fingerprint density at radius 1 is 1.29 bits per heavy atom. The summed E-state index contributed by atoms with van der Waals surface area (Å²) in [5.74, 6) is 5.75. The average Bonchev–Trinajstić information content (AvgIpc) is 2.52. The topological polar surface area (TPSA) is 29.0 Å². The van der Waals surface area contributed by atoms with Crippen LogP contribution in [0.3, 0.4) is 0 Å². The first-order chi connectivity index (χ1) is 10.2. The summed E-state index contributed by atoms with van der Waals surface area (Å²) in [4.78, 5) is 10.0. The molecule has 0 fully saturated rings. The van der Waals surface area contributed by atoms with Gasteiger partial charge in [0, 0.05) is 37.2 Å². The van der Waals surface area contributed by atoms with Crippen LogP contribution in [-0.4, -0.2) is 17.0 Å². The highest BCUT2D eigenvalue weighted by molar-refractivity contribution is 5.50. The average molecular weight is 281 g/mol. The van der Waals surface area contributed by atoms with E-state index in [1.807, 2.05) is 24.9 Å². The van der Waals surface area contributed by atoms with Gasteiger partial charge in [0.05, 0.1) is 6.20 Å². The van der Waals surface area contributed by atoms with E-state index in [2.05, 4.69) is 21.8 Å². The van der Waals surface area contributed by atoms with Gasteiger partial charge in [-0.1, -0.05) is 12.0 Å². The summed E-state index contributed by atoms with van der Waals surface area (Å²) in [7, 11) is 1.94. The maximum atomic E-state index is 12.9. The molecule has 1 aromatic heterocycles. The van der Waals surface area contributed by atoms with Crippen LogP contribution in [0.1, 0.15) is 19.0 Å². The molecule has 0 bridgehead atoms. The number of hydrogen-bond donors (Lipinski definition) is 0. The second-order valence-corrected chi connectivity index (χ2v) is 4.48. The first kappa shape index (κ1) is 14.7. The Labute approximate surface area is 124 Å². The van der Waals surface area contributed by atoms with E-state index in [1.165, 1.54) is 12.1 Å². The number of rotatable bonds is 3. The van der Waals surface area contributed by atoms with Crippen molar-refractivity contribution in [2.24, 2.45) is 0 Å². The van der Waals surface area contributed by atoms with Crippen molar-refractivity contribution in [2.45, 2.75) is 13.3 Å². The summed E-state index contributed by atoms with van der Waals surface area (Å²) in [6.07, 6.45) is 7.51. The van der Waals surface area contributed by atoms with E-state index in [9.17, 15) is 4.39 Å². The van der Waals surface area contributed by atoms with Crippen molar-refractivity contribution in [3.8, 4) is 11.8 Å². The van der Waals surface area contributed by atoms with Crippen molar-refractivity contribution in [3.63, 3.8) is 0 Å². The molecule has 0 saturated carbocycles. The molecule has 0 saturated heterocycles. The van der Waals surface area contributed by atoms with Crippen LogP contribution >= 0.6 is 0 Å². The molecule has 1 aromatic carbocycles. The van der Waals surface area contributed by atoms with Crippen molar-refractivity contribution in [1.29, 1.82) is 0 Å². The molecule has 3 nitrogen and oxygen atoms in total. The molecule has 0 spiro atoms. The Balaban J connectivity index is 1.98. The smallest absolute Gasteiger partial charge is 0.131 e. The zero-order chi connectivity index (χ0) is 15.1. The van der Waals surface area contributed by atoms with Crippen molar-refractivity contribution in [3.05, 3.63) is 66.1 Å². The summed E-state index contributed by atoms with van der Waals surface area (Å²) in [5.41, 5.74) is 2.65. The van der Waals surface area contributed by atoms with Crippen molar-refractivity contribution in [1.82, 2.24) is 9.97 Å². The van der Waals surface area contributed by atoms with E-state index in [1.54, 1.807) is 30.7 Å². The van der Waals surface area contributed by atoms with E-state index < -0.39 is 0 Å². The van der Waals surface area contributed by atoms with Gasteiger partial charge in [0.2, 0.25) is 0 Å². The molecular formula is C17H16FN3.